The van der Waals surface area contributed by atoms with Gasteiger partial charge < -0.3 is 24.8 Å². The van der Waals surface area contributed by atoms with E-state index in [2.05, 4.69) is 10.6 Å². The SMILES string of the molecule is CC[C@]1(C)NC(=O)N(CC(=O)OCC(=O)Nc2ccc3c(c2)OCCO3)C1=O. The Bertz CT molecular complexity index is 825. The molecule has 2 aliphatic heterocycles. The second-order valence-corrected chi connectivity index (χ2v) is 6.57. The monoisotopic (exact) mass is 391 g/mol. The number of nitrogens with zero attached hydrogens (tertiary/aromatic N) is 1. The van der Waals surface area contributed by atoms with Crippen LogP contribution >= 0.6 is 0 Å². The first-order valence-corrected chi connectivity index (χ1v) is 8.81. The second-order valence-electron chi connectivity index (χ2n) is 6.57. The number of hydrogen-bond donors (Lipinski definition) is 2. The molecule has 0 aromatic heterocycles. The van der Waals surface area contributed by atoms with Crippen molar-refractivity contribution in [2.45, 2.75) is 25.8 Å². The van der Waals surface area contributed by atoms with Crippen molar-refractivity contribution in [1.82, 2.24) is 10.2 Å². The van der Waals surface area contributed by atoms with Crippen LogP contribution in [0.3, 0.4) is 0 Å². The van der Waals surface area contributed by atoms with Gasteiger partial charge in [-0.1, -0.05) is 6.92 Å². The van der Waals surface area contributed by atoms with Gasteiger partial charge in [0, 0.05) is 11.8 Å². The molecule has 2 aliphatic rings. The summed E-state index contributed by atoms with van der Waals surface area (Å²) in [4.78, 5) is 48.8. The molecular formula is C18H21N3O7. The van der Waals surface area contributed by atoms with Gasteiger partial charge in [0.2, 0.25) is 0 Å². The third-order valence-corrected chi connectivity index (χ3v) is 4.53. The van der Waals surface area contributed by atoms with Crippen LogP contribution in [0, 0.1) is 0 Å². The third kappa shape index (κ3) is 4.00. The molecule has 0 unspecified atom stereocenters. The van der Waals surface area contributed by atoms with Crippen molar-refractivity contribution in [3.8, 4) is 11.5 Å². The Morgan fingerprint density at radius 2 is 1.96 bits per heavy atom. The number of hydrogen-bond acceptors (Lipinski definition) is 7. The van der Waals surface area contributed by atoms with Gasteiger partial charge in [0.1, 0.15) is 25.3 Å². The van der Waals surface area contributed by atoms with E-state index in [9.17, 15) is 19.2 Å². The van der Waals surface area contributed by atoms with E-state index in [0.29, 0.717) is 36.8 Å². The summed E-state index contributed by atoms with van der Waals surface area (Å²) in [7, 11) is 0. The highest BCUT2D eigenvalue weighted by atomic mass is 16.6. The number of fused-ring (bicyclic) bond motifs is 1. The van der Waals surface area contributed by atoms with E-state index in [4.69, 9.17) is 14.2 Å². The van der Waals surface area contributed by atoms with Crippen LogP contribution in [0.15, 0.2) is 18.2 Å². The van der Waals surface area contributed by atoms with Gasteiger partial charge >= 0.3 is 12.0 Å². The van der Waals surface area contributed by atoms with Crippen molar-refractivity contribution in [3.63, 3.8) is 0 Å². The zero-order chi connectivity index (χ0) is 20.3. The summed E-state index contributed by atoms with van der Waals surface area (Å²) in [6.45, 7) is 3.10. The van der Waals surface area contributed by atoms with E-state index in [1.807, 2.05) is 0 Å². The molecule has 1 atom stereocenters. The molecule has 0 aliphatic carbocycles. The summed E-state index contributed by atoms with van der Waals surface area (Å²) in [5, 5.41) is 5.11. The van der Waals surface area contributed by atoms with Crippen molar-refractivity contribution in [1.29, 1.82) is 0 Å². The summed E-state index contributed by atoms with van der Waals surface area (Å²) in [6, 6.07) is 4.24. The highest BCUT2D eigenvalue weighted by Gasteiger charge is 2.47. The van der Waals surface area contributed by atoms with E-state index in [0.717, 1.165) is 4.90 Å². The minimum Gasteiger partial charge on any atom is -0.486 e. The predicted octanol–water partition coefficient (Wildman–Crippen LogP) is 0.660. The number of ether oxygens (including phenoxy) is 3. The van der Waals surface area contributed by atoms with Crippen LogP contribution in [-0.2, 0) is 19.1 Å². The van der Waals surface area contributed by atoms with Crippen LogP contribution < -0.4 is 20.1 Å². The van der Waals surface area contributed by atoms with Crippen LogP contribution in [0.1, 0.15) is 20.3 Å². The van der Waals surface area contributed by atoms with Crippen LogP contribution in [0.2, 0.25) is 0 Å². The zero-order valence-corrected chi connectivity index (χ0v) is 15.6. The molecule has 150 valence electrons. The average Bonchev–Trinajstić information content (AvgIpc) is 2.90. The summed E-state index contributed by atoms with van der Waals surface area (Å²) in [5.74, 6) is -0.832. The summed E-state index contributed by atoms with van der Waals surface area (Å²) in [6.07, 6.45) is 0.390. The van der Waals surface area contributed by atoms with E-state index < -0.39 is 42.5 Å². The fourth-order valence-electron chi connectivity index (χ4n) is 2.77. The maximum absolute atomic E-state index is 12.2. The van der Waals surface area contributed by atoms with E-state index in [-0.39, 0.29) is 0 Å². The predicted molar refractivity (Wildman–Crippen MR) is 96.0 cm³/mol. The van der Waals surface area contributed by atoms with Gasteiger partial charge in [-0.25, -0.2) is 4.79 Å². The lowest BCUT2D eigenvalue weighted by Gasteiger charge is -2.19. The first-order valence-electron chi connectivity index (χ1n) is 8.81. The first kappa shape index (κ1) is 19.5. The Hall–Kier alpha value is -3.30. The highest BCUT2D eigenvalue weighted by Crippen LogP contribution is 2.32. The molecule has 28 heavy (non-hydrogen) atoms. The number of carbonyl (C=O) groups excluding carboxylic acids is 4. The molecule has 2 N–H and O–H groups in total. The Balaban J connectivity index is 1.49. The topological polar surface area (TPSA) is 123 Å². The number of nitrogens with one attached hydrogen (secondary N) is 2. The minimum absolute atomic E-state index is 0.390. The maximum Gasteiger partial charge on any atom is 0.326 e. The van der Waals surface area contributed by atoms with Gasteiger partial charge in [-0.2, -0.15) is 0 Å². The van der Waals surface area contributed by atoms with Gasteiger partial charge in [-0.15, -0.1) is 0 Å². The number of rotatable bonds is 6. The zero-order valence-electron chi connectivity index (χ0n) is 15.6. The van der Waals surface area contributed by atoms with Crippen LogP contribution in [0.4, 0.5) is 10.5 Å². The lowest BCUT2D eigenvalue weighted by atomic mass is 9.99. The minimum atomic E-state index is -1.03. The molecule has 1 fully saturated rings. The Labute approximate surface area is 161 Å². The van der Waals surface area contributed by atoms with Crippen LogP contribution in [0.25, 0.3) is 0 Å². The van der Waals surface area contributed by atoms with Crippen molar-refractivity contribution in [2.24, 2.45) is 0 Å². The van der Waals surface area contributed by atoms with Crippen molar-refractivity contribution >= 4 is 29.5 Å². The number of imide groups is 1. The molecule has 0 saturated carbocycles. The average molecular weight is 391 g/mol. The molecule has 10 heteroatoms. The number of anilines is 1. The standard InChI is InChI=1S/C18H21N3O7/c1-3-18(2)16(24)21(17(25)20-18)9-15(23)28-10-14(22)19-11-4-5-12-13(8-11)27-7-6-26-12/h4-5,8H,3,6-7,9-10H2,1-2H3,(H,19,22)(H,20,25)/t18-/m0/s1. The molecule has 10 nitrogen and oxygen atoms in total. The first-order chi connectivity index (χ1) is 13.3. The number of esters is 1. The number of amides is 4. The fourth-order valence-corrected chi connectivity index (χ4v) is 2.77. The lowest BCUT2D eigenvalue weighted by molar-refractivity contribution is -0.150. The molecule has 0 spiro atoms. The molecule has 0 radical (unpaired) electrons. The molecular weight excluding hydrogens is 370 g/mol. The molecule has 1 aromatic carbocycles. The number of carbonyl (C=O) groups is 4. The van der Waals surface area contributed by atoms with Crippen molar-refractivity contribution in [2.75, 3.05) is 31.7 Å². The Kier molecular flexibility index (Phi) is 5.39. The fraction of sp³-hybridized carbons (Fsp3) is 0.444. The van der Waals surface area contributed by atoms with Crippen LogP contribution in [0.5, 0.6) is 11.5 Å². The highest BCUT2D eigenvalue weighted by molar-refractivity contribution is 6.08. The summed E-state index contributed by atoms with van der Waals surface area (Å²) < 4.78 is 15.7. The van der Waals surface area contributed by atoms with Crippen molar-refractivity contribution in [3.05, 3.63) is 18.2 Å². The molecule has 1 saturated heterocycles. The third-order valence-electron chi connectivity index (χ3n) is 4.53. The molecule has 3 rings (SSSR count). The molecule has 0 bridgehead atoms. The van der Waals surface area contributed by atoms with E-state index in [1.165, 1.54) is 0 Å². The normalized spacial score (nSPS) is 20.6. The quantitative estimate of drug-likeness (QED) is 0.539. The molecule has 4 amide bonds. The van der Waals surface area contributed by atoms with Crippen LogP contribution in [-0.4, -0.2) is 60.6 Å². The van der Waals surface area contributed by atoms with Gasteiger partial charge in [-0.3, -0.25) is 19.3 Å². The second kappa shape index (κ2) is 7.75. The Morgan fingerprint density at radius 1 is 1.25 bits per heavy atom. The number of urea groups is 1. The van der Waals surface area contributed by atoms with Crippen molar-refractivity contribution < 1.29 is 33.4 Å². The van der Waals surface area contributed by atoms with Gasteiger partial charge in [0.15, 0.2) is 18.1 Å². The molecule has 2 heterocycles. The number of benzene rings is 1. The van der Waals surface area contributed by atoms with E-state index in [1.54, 1.807) is 32.0 Å². The largest absolute Gasteiger partial charge is 0.486 e. The lowest BCUT2D eigenvalue weighted by Crippen LogP contribution is -2.43. The van der Waals surface area contributed by atoms with Gasteiger partial charge in [-0.05, 0) is 25.5 Å². The van der Waals surface area contributed by atoms with E-state index >= 15 is 0 Å². The Morgan fingerprint density at radius 3 is 2.64 bits per heavy atom. The van der Waals surface area contributed by atoms with Gasteiger partial charge in [0.05, 0.1) is 0 Å². The molecule has 1 aromatic rings. The maximum atomic E-state index is 12.2. The van der Waals surface area contributed by atoms with Gasteiger partial charge in [0.25, 0.3) is 11.8 Å². The smallest absolute Gasteiger partial charge is 0.326 e. The summed E-state index contributed by atoms with van der Waals surface area (Å²) >= 11 is 0. The summed E-state index contributed by atoms with van der Waals surface area (Å²) in [5.41, 5.74) is -0.578.